The highest BCUT2D eigenvalue weighted by atomic mass is 79.9. The van der Waals surface area contributed by atoms with Crippen molar-refractivity contribution in [1.82, 2.24) is 0 Å². The topological polar surface area (TPSA) is 38.0 Å². The van der Waals surface area contributed by atoms with Crippen LogP contribution >= 0.6 is 15.9 Å². The molecule has 0 heterocycles. The Balaban J connectivity index is 1.86. The predicted octanol–water partition coefficient (Wildman–Crippen LogP) is 4.44. The lowest BCUT2D eigenvalue weighted by atomic mass is 9.97. The van der Waals surface area contributed by atoms with Gasteiger partial charge in [-0.25, -0.2) is 0 Å². The molecule has 0 aliphatic heterocycles. The van der Waals surface area contributed by atoms with E-state index in [0.29, 0.717) is 6.54 Å². The highest BCUT2D eigenvalue weighted by molar-refractivity contribution is 9.10. The maximum atomic E-state index is 6.01. The van der Waals surface area contributed by atoms with E-state index in [1.54, 1.807) is 0 Å². The lowest BCUT2D eigenvalue weighted by Crippen LogP contribution is -2.21. The van der Waals surface area contributed by atoms with Crippen molar-refractivity contribution < 1.29 is 0 Å². The van der Waals surface area contributed by atoms with Gasteiger partial charge in [0.15, 0.2) is 0 Å². The molecule has 0 bridgehead atoms. The SMILES string of the molecule is NCC(Nc1cccc(Br)c1)c1ccccc1C1CC1. The van der Waals surface area contributed by atoms with Crippen LogP contribution < -0.4 is 11.1 Å². The van der Waals surface area contributed by atoms with Crippen molar-refractivity contribution in [2.45, 2.75) is 24.8 Å². The molecule has 1 aliphatic carbocycles. The minimum atomic E-state index is 0.168. The van der Waals surface area contributed by atoms with Gasteiger partial charge in [0.25, 0.3) is 0 Å². The Labute approximate surface area is 128 Å². The van der Waals surface area contributed by atoms with Crippen molar-refractivity contribution in [2.24, 2.45) is 5.73 Å². The van der Waals surface area contributed by atoms with E-state index in [-0.39, 0.29) is 6.04 Å². The van der Waals surface area contributed by atoms with E-state index in [1.165, 1.54) is 24.0 Å². The maximum Gasteiger partial charge on any atom is 0.0638 e. The highest BCUT2D eigenvalue weighted by Crippen LogP contribution is 2.43. The van der Waals surface area contributed by atoms with Crippen LogP contribution in [0.5, 0.6) is 0 Å². The minimum absolute atomic E-state index is 0.168. The van der Waals surface area contributed by atoms with Gasteiger partial charge >= 0.3 is 0 Å². The fourth-order valence-electron chi connectivity index (χ4n) is 2.64. The highest BCUT2D eigenvalue weighted by Gasteiger charge is 2.27. The quantitative estimate of drug-likeness (QED) is 0.850. The third-order valence-electron chi connectivity index (χ3n) is 3.79. The lowest BCUT2D eigenvalue weighted by molar-refractivity contribution is 0.776. The van der Waals surface area contributed by atoms with E-state index in [1.807, 2.05) is 12.1 Å². The van der Waals surface area contributed by atoms with Crippen LogP contribution in [0.3, 0.4) is 0 Å². The summed E-state index contributed by atoms with van der Waals surface area (Å²) in [7, 11) is 0. The van der Waals surface area contributed by atoms with Crippen LogP contribution in [-0.2, 0) is 0 Å². The summed E-state index contributed by atoms with van der Waals surface area (Å²) in [6, 6.07) is 17.1. The molecule has 1 unspecified atom stereocenters. The lowest BCUT2D eigenvalue weighted by Gasteiger charge is -2.21. The Bertz CT molecular complexity index is 593. The van der Waals surface area contributed by atoms with Gasteiger partial charge in [0, 0.05) is 16.7 Å². The molecule has 0 amide bonds. The van der Waals surface area contributed by atoms with E-state index < -0.39 is 0 Å². The number of hydrogen-bond acceptors (Lipinski definition) is 2. The van der Waals surface area contributed by atoms with Crippen LogP contribution in [-0.4, -0.2) is 6.54 Å². The van der Waals surface area contributed by atoms with E-state index in [0.717, 1.165) is 16.1 Å². The fraction of sp³-hybridized carbons (Fsp3) is 0.294. The molecule has 104 valence electrons. The third kappa shape index (κ3) is 3.05. The molecule has 2 aromatic carbocycles. The normalized spacial score (nSPS) is 15.9. The molecule has 0 spiro atoms. The molecule has 3 N–H and O–H groups in total. The summed E-state index contributed by atoms with van der Waals surface area (Å²) in [6.07, 6.45) is 2.62. The summed E-state index contributed by atoms with van der Waals surface area (Å²) in [5, 5.41) is 3.55. The Morgan fingerprint density at radius 1 is 1.15 bits per heavy atom. The van der Waals surface area contributed by atoms with Crippen LogP contribution in [0.25, 0.3) is 0 Å². The molecular weight excluding hydrogens is 312 g/mol. The largest absolute Gasteiger partial charge is 0.377 e. The molecule has 20 heavy (non-hydrogen) atoms. The van der Waals surface area contributed by atoms with Crippen LogP contribution in [0, 0.1) is 0 Å². The first-order chi connectivity index (χ1) is 9.78. The summed E-state index contributed by atoms with van der Waals surface area (Å²) < 4.78 is 1.08. The van der Waals surface area contributed by atoms with Gasteiger partial charge in [-0.05, 0) is 48.1 Å². The van der Waals surface area contributed by atoms with Crippen LogP contribution in [0.15, 0.2) is 53.0 Å². The van der Waals surface area contributed by atoms with Gasteiger partial charge in [0.1, 0.15) is 0 Å². The standard InChI is InChI=1S/C17H19BrN2/c18-13-4-3-5-14(10-13)20-17(11-19)16-7-2-1-6-15(16)12-8-9-12/h1-7,10,12,17,20H,8-9,11,19H2. The zero-order valence-electron chi connectivity index (χ0n) is 11.4. The van der Waals surface area contributed by atoms with Gasteiger partial charge < -0.3 is 11.1 Å². The Morgan fingerprint density at radius 3 is 2.65 bits per heavy atom. The zero-order chi connectivity index (χ0) is 13.9. The summed E-state index contributed by atoms with van der Waals surface area (Å²) in [5.41, 5.74) is 9.91. The monoisotopic (exact) mass is 330 g/mol. The molecule has 2 aromatic rings. The number of nitrogens with two attached hydrogens (primary N) is 1. The van der Waals surface area contributed by atoms with Crippen molar-refractivity contribution in [1.29, 1.82) is 0 Å². The Morgan fingerprint density at radius 2 is 1.95 bits per heavy atom. The average Bonchev–Trinajstić information content (AvgIpc) is 3.29. The van der Waals surface area contributed by atoms with Gasteiger partial charge in [0.05, 0.1) is 6.04 Å². The molecule has 3 heteroatoms. The smallest absolute Gasteiger partial charge is 0.0638 e. The molecule has 0 aromatic heterocycles. The van der Waals surface area contributed by atoms with Crippen molar-refractivity contribution in [3.8, 4) is 0 Å². The molecule has 1 fully saturated rings. The van der Waals surface area contributed by atoms with Crippen molar-refractivity contribution >= 4 is 21.6 Å². The third-order valence-corrected chi connectivity index (χ3v) is 4.28. The number of halogens is 1. The summed E-state index contributed by atoms with van der Waals surface area (Å²) in [5.74, 6) is 0.740. The van der Waals surface area contributed by atoms with Crippen molar-refractivity contribution in [3.63, 3.8) is 0 Å². The molecule has 2 nitrogen and oxygen atoms in total. The molecule has 1 atom stereocenters. The first-order valence-corrected chi connectivity index (χ1v) is 7.88. The second-order valence-corrected chi connectivity index (χ2v) is 6.26. The summed E-state index contributed by atoms with van der Waals surface area (Å²) >= 11 is 3.51. The summed E-state index contributed by atoms with van der Waals surface area (Å²) in [4.78, 5) is 0. The number of hydrogen-bond donors (Lipinski definition) is 2. The number of benzene rings is 2. The Kier molecular flexibility index (Phi) is 4.08. The maximum absolute atomic E-state index is 6.01. The molecule has 0 saturated heterocycles. The van der Waals surface area contributed by atoms with Gasteiger partial charge in [-0.15, -0.1) is 0 Å². The second kappa shape index (κ2) is 5.98. The number of nitrogens with one attached hydrogen (secondary N) is 1. The van der Waals surface area contributed by atoms with Gasteiger partial charge in [0.2, 0.25) is 0 Å². The molecule has 3 rings (SSSR count). The van der Waals surface area contributed by atoms with Crippen LogP contribution in [0.4, 0.5) is 5.69 Å². The minimum Gasteiger partial charge on any atom is -0.377 e. The van der Waals surface area contributed by atoms with Crippen molar-refractivity contribution in [3.05, 3.63) is 64.1 Å². The number of anilines is 1. The summed E-state index contributed by atoms with van der Waals surface area (Å²) in [6.45, 7) is 0.593. The van der Waals surface area contributed by atoms with Crippen LogP contribution in [0.2, 0.25) is 0 Å². The molecular formula is C17H19BrN2. The predicted molar refractivity (Wildman–Crippen MR) is 88.0 cm³/mol. The van der Waals surface area contributed by atoms with Gasteiger partial charge in [-0.1, -0.05) is 46.3 Å². The Hall–Kier alpha value is -1.32. The molecule has 0 radical (unpaired) electrons. The van der Waals surface area contributed by atoms with E-state index in [2.05, 4.69) is 57.6 Å². The fourth-order valence-corrected chi connectivity index (χ4v) is 3.04. The van der Waals surface area contributed by atoms with E-state index >= 15 is 0 Å². The van der Waals surface area contributed by atoms with Crippen LogP contribution in [0.1, 0.15) is 35.9 Å². The average molecular weight is 331 g/mol. The first-order valence-electron chi connectivity index (χ1n) is 7.09. The molecule has 1 aliphatic rings. The van der Waals surface area contributed by atoms with Gasteiger partial charge in [-0.2, -0.15) is 0 Å². The van der Waals surface area contributed by atoms with Crippen molar-refractivity contribution in [2.75, 3.05) is 11.9 Å². The second-order valence-electron chi connectivity index (χ2n) is 5.35. The molecule has 1 saturated carbocycles. The first kappa shape index (κ1) is 13.7. The number of rotatable bonds is 5. The van der Waals surface area contributed by atoms with E-state index in [9.17, 15) is 0 Å². The van der Waals surface area contributed by atoms with Gasteiger partial charge in [-0.3, -0.25) is 0 Å². The van der Waals surface area contributed by atoms with E-state index in [4.69, 9.17) is 5.73 Å². The zero-order valence-corrected chi connectivity index (χ0v) is 12.9.